The van der Waals surface area contributed by atoms with E-state index in [9.17, 15) is 26.4 Å². The minimum Gasteiger partial charge on any atom is -0.355 e. The van der Waals surface area contributed by atoms with Gasteiger partial charge in [-0.25, -0.2) is 18.1 Å². The Morgan fingerprint density at radius 1 is 1.06 bits per heavy atom. The van der Waals surface area contributed by atoms with Crippen molar-refractivity contribution < 1.29 is 26.4 Å². The highest BCUT2D eigenvalue weighted by Gasteiger charge is 2.31. The number of nitrogens with one attached hydrogen (secondary N) is 1. The van der Waals surface area contributed by atoms with E-state index in [1.165, 1.54) is 6.07 Å². The fraction of sp³-hybridized carbons (Fsp3) is 0.429. The maximum atomic E-state index is 12.9. The molecule has 0 atom stereocenters. The average molecular weight is 471 g/mol. The molecule has 0 radical (unpaired) electrons. The van der Waals surface area contributed by atoms with Gasteiger partial charge in [0.25, 0.3) is 5.91 Å². The van der Waals surface area contributed by atoms with E-state index >= 15 is 0 Å². The van der Waals surface area contributed by atoms with Crippen LogP contribution in [0.5, 0.6) is 0 Å². The molecule has 0 aliphatic carbocycles. The van der Waals surface area contributed by atoms with E-state index in [1.54, 1.807) is 29.2 Å². The van der Waals surface area contributed by atoms with Gasteiger partial charge in [0.05, 0.1) is 11.8 Å². The molecule has 1 fully saturated rings. The molecule has 0 spiro atoms. The van der Waals surface area contributed by atoms with Crippen LogP contribution in [0.1, 0.15) is 27.9 Å². The summed E-state index contributed by atoms with van der Waals surface area (Å²) in [5.41, 5.74) is 0.655. The summed E-state index contributed by atoms with van der Waals surface area (Å²) in [6.45, 7) is 2.32. The predicted octanol–water partition coefficient (Wildman–Crippen LogP) is 2.54. The highest BCUT2D eigenvalue weighted by molar-refractivity contribution is 7.88. The molecule has 0 unspecified atom stereocenters. The Morgan fingerprint density at radius 3 is 2.38 bits per heavy atom. The molecule has 0 bridgehead atoms. The van der Waals surface area contributed by atoms with E-state index < -0.39 is 21.8 Å². The zero-order chi connectivity index (χ0) is 23.4. The molecule has 1 aromatic carbocycles. The first-order chi connectivity index (χ1) is 15.0. The molecule has 2 heterocycles. The van der Waals surface area contributed by atoms with Gasteiger partial charge in [-0.05, 0) is 42.7 Å². The number of halogens is 3. The summed E-state index contributed by atoms with van der Waals surface area (Å²) in [5, 5.41) is 0. The van der Waals surface area contributed by atoms with E-state index in [-0.39, 0.29) is 12.5 Å². The molecular weight excluding hydrogens is 445 g/mol. The molecule has 7 nitrogen and oxygen atoms in total. The van der Waals surface area contributed by atoms with Crippen molar-refractivity contribution in [3.8, 4) is 0 Å². The van der Waals surface area contributed by atoms with Crippen LogP contribution >= 0.6 is 0 Å². The molecule has 2 aromatic rings. The van der Waals surface area contributed by atoms with E-state index in [2.05, 4.69) is 9.71 Å². The maximum absolute atomic E-state index is 12.9. The van der Waals surface area contributed by atoms with Gasteiger partial charge in [0.2, 0.25) is 10.0 Å². The number of carbonyl (C=O) groups excluding carboxylic acids is 1. The summed E-state index contributed by atoms with van der Waals surface area (Å²) in [6, 6.07) is 9.41. The number of pyridine rings is 1. The molecule has 1 N–H and O–H groups in total. The molecule has 1 aliphatic rings. The number of hydrogen-bond donors (Lipinski definition) is 1. The number of carbonyl (C=O) groups is 1. The number of hydrogen-bond acceptors (Lipinski definition) is 5. The molecule has 1 saturated heterocycles. The van der Waals surface area contributed by atoms with Gasteiger partial charge in [0.1, 0.15) is 5.82 Å². The van der Waals surface area contributed by atoms with Crippen molar-refractivity contribution in [2.75, 3.05) is 43.9 Å². The maximum Gasteiger partial charge on any atom is 0.417 e. The molecular formula is C21H25F3N4O3S. The van der Waals surface area contributed by atoms with Crippen LogP contribution in [0, 0.1) is 0 Å². The highest BCUT2D eigenvalue weighted by atomic mass is 32.2. The third-order valence-electron chi connectivity index (χ3n) is 5.16. The lowest BCUT2D eigenvalue weighted by atomic mass is 10.1. The molecule has 11 heteroatoms. The quantitative estimate of drug-likeness (QED) is 0.702. The van der Waals surface area contributed by atoms with E-state index in [0.29, 0.717) is 50.4 Å². The summed E-state index contributed by atoms with van der Waals surface area (Å²) >= 11 is 0. The number of anilines is 1. The van der Waals surface area contributed by atoms with Gasteiger partial charge in [-0.2, -0.15) is 13.2 Å². The van der Waals surface area contributed by atoms with Crippen molar-refractivity contribution in [3.63, 3.8) is 0 Å². The van der Waals surface area contributed by atoms with Crippen molar-refractivity contribution >= 4 is 21.7 Å². The minimum absolute atomic E-state index is 0.118. The number of alkyl halides is 3. The van der Waals surface area contributed by atoms with E-state index in [1.807, 2.05) is 4.90 Å². The second-order valence-electron chi connectivity index (χ2n) is 7.65. The second kappa shape index (κ2) is 9.86. The SMILES string of the molecule is CS(=O)(=O)NCCc1ccc(C(=O)N2CCCN(c3ccc(C(F)(F)F)cn3)CC2)cc1. The Balaban J connectivity index is 1.57. The standard InChI is InChI=1S/C21H25F3N4O3S/c1-32(30,31)26-10-9-16-3-5-17(6-4-16)20(29)28-12-2-11-27(13-14-28)19-8-7-18(15-25-19)21(22,23)24/h3-8,15,26H,2,9-14H2,1H3. The third kappa shape index (κ3) is 6.67. The van der Waals surface area contributed by atoms with E-state index in [0.717, 1.165) is 24.1 Å². The first-order valence-corrected chi connectivity index (χ1v) is 12.0. The zero-order valence-electron chi connectivity index (χ0n) is 17.6. The molecule has 1 aliphatic heterocycles. The summed E-state index contributed by atoms with van der Waals surface area (Å²) in [7, 11) is -3.24. The Morgan fingerprint density at radius 2 is 1.78 bits per heavy atom. The second-order valence-corrected chi connectivity index (χ2v) is 9.48. The van der Waals surface area contributed by atoms with Crippen LogP contribution in [0.15, 0.2) is 42.6 Å². The van der Waals surface area contributed by atoms with Gasteiger partial charge in [0, 0.05) is 44.5 Å². The fourth-order valence-corrected chi connectivity index (χ4v) is 3.94. The zero-order valence-corrected chi connectivity index (χ0v) is 18.4. The highest BCUT2D eigenvalue weighted by Crippen LogP contribution is 2.29. The Hall–Kier alpha value is -2.66. The molecule has 3 rings (SSSR count). The number of nitrogens with zero attached hydrogens (tertiary/aromatic N) is 3. The molecule has 1 aromatic heterocycles. The first kappa shape index (κ1) is 24.0. The van der Waals surface area contributed by atoms with Crippen LogP contribution in [-0.2, 0) is 22.6 Å². The Labute approximate surface area is 185 Å². The number of amides is 1. The summed E-state index contributed by atoms with van der Waals surface area (Å²) in [5.74, 6) is 0.340. The third-order valence-corrected chi connectivity index (χ3v) is 5.89. The van der Waals surface area contributed by atoms with Crippen LogP contribution in [0.4, 0.5) is 19.0 Å². The summed E-state index contributed by atoms with van der Waals surface area (Å²) in [6.07, 6.45) is -1.31. The van der Waals surface area contributed by atoms with Gasteiger partial charge in [-0.1, -0.05) is 12.1 Å². The van der Waals surface area contributed by atoms with Crippen molar-refractivity contribution in [3.05, 3.63) is 59.3 Å². The number of benzene rings is 1. The van der Waals surface area contributed by atoms with Crippen LogP contribution in [0.3, 0.4) is 0 Å². The fourth-order valence-electron chi connectivity index (χ4n) is 3.47. The molecule has 32 heavy (non-hydrogen) atoms. The van der Waals surface area contributed by atoms with Crippen LogP contribution in [0.2, 0.25) is 0 Å². The van der Waals surface area contributed by atoms with Gasteiger partial charge in [-0.3, -0.25) is 4.79 Å². The van der Waals surface area contributed by atoms with Crippen molar-refractivity contribution in [2.24, 2.45) is 0 Å². The monoisotopic (exact) mass is 470 g/mol. The molecule has 1 amide bonds. The van der Waals surface area contributed by atoms with Crippen LogP contribution < -0.4 is 9.62 Å². The predicted molar refractivity (Wildman–Crippen MR) is 115 cm³/mol. The Bertz CT molecular complexity index is 1030. The average Bonchev–Trinajstić information content (AvgIpc) is 2.99. The van der Waals surface area contributed by atoms with Gasteiger partial charge in [-0.15, -0.1) is 0 Å². The number of sulfonamides is 1. The van der Waals surface area contributed by atoms with Gasteiger partial charge >= 0.3 is 6.18 Å². The van der Waals surface area contributed by atoms with Crippen LogP contribution in [-0.4, -0.2) is 63.2 Å². The topological polar surface area (TPSA) is 82.6 Å². The van der Waals surface area contributed by atoms with Crippen molar-refractivity contribution in [1.29, 1.82) is 0 Å². The molecule has 0 saturated carbocycles. The lowest BCUT2D eigenvalue weighted by Gasteiger charge is -2.23. The van der Waals surface area contributed by atoms with E-state index in [4.69, 9.17) is 0 Å². The summed E-state index contributed by atoms with van der Waals surface area (Å²) < 4.78 is 62.9. The lowest BCUT2D eigenvalue weighted by molar-refractivity contribution is -0.137. The number of rotatable bonds is 6. The first-order valence-electron chi connectivity index (χ1n) is 10.1. The number of aromatic nitrogens is 1. The van der Waals surface area contributed by atoms with Crippen molar-refractivity contribution in [2.45, 2.75) is 19.0 Å². The van der Waals surface area contributed by atoms with Crippen LogP contribution in [0.25, 0.3) is 0 Å². The van der Waals surface area contributed by atoms with Crippen molar-refractivity contribution in [1.82, 2.24) is 14.6 Å². The minimum atomic E-state index is -4.42. The summed E-state index contributed by atoms with van der Waals surface area (Å²) in [4.78, 5) is 20.4. The largest absolute Gasteiger partial charge is 0.417 e. The smallest absolute Gasteiger partial charge is 0.355 e. The lowest BCUT2D eigenvalue weighted by Crippen LogP contribution is -2.35. The van der Waals surface area contributed by atoms with Gasteiger partial charge < -0.3 is 9.80 Å². The molecule has 174 valence electrons. The normalized spacial score (nSPS) is 15.5. The van der Waals surface area contributed by atoms with Gasteiger partial charge in [0.15, 0.2) is 0 Å². The Kier molecular flexibility index (Phi) is 7.40.